The van der Waals surface area contributed by atoms with Gasteiger partial charge in [0.1, 0.15) is 12.4 Å². The molecule has 23 heavy (non-hydrogen) atoms. The Kier molecular flexibility index (Phi) is 5.32. The number of nitrogens with zero attached hydrogens (tertiary/aromatic N) is 6. The van der Waals surface area contributed by atoms with Crippen LogP contribution >= 0.6 is 0 Å². The lowest BCUT2D eigenvalue weighted by Gasteiger charge is -2.33. The monoisotopic (exact) mass is 316 g/mol. The molecular formula is C16H24N6O. The Labute approximate surface area is 136 Å². The third kappa shape index (κ3) is 3.93. The summed E-state index contributed by atoms with van der Waals surface area (Å²) < 4.78 is 7.06. The summed E-state index contributed by atoms with van der Waals surface area (Å²) in [6.45, 7) is 8.90. The van der Waals surface area contributed by atoms with Crippen LogP contribution in [-0.4, -0.2) is 69.4 Å². The minimum absolute atomic E-state index is 0.421. The molecule has 2 aromatic rings. The topological polar surface area (TPSA) is 59.3 Å². The molecule has 7 heteroatoms. The van der Waals surface area contributed by atoms with Gasteiger partial charge in [-0.25, -0.2) is 9.67 Å². The number of hydrogen-bond acceptors (Lipinski definition) is 6. The number of piperazine rings is 1. The molecule has 0 N–H and O–H groups in total. The molecule has 0 amide bonds. The van der Waals surface area contributed by atoms with Gasteiger partial charge in [-0.15, -0.1) is 5.10 Å². The van der Waals surface area contributed by atoms with Crippen LogP contribution in [0.15, 0.2) is 24.5 Å². The van der Waals surface area contributed by atoms with Crippen molar-refractivity contribution in [1.82, 2.24) is 29.5 Å². The molecular weight excluding hydrogens is 292 g/mol. The number of ether oxygens (including phenoxy) is 1. The molecule has 124 valence electrons. The highest BCUT2D eigenvalue weighted by Gasteiger charge is 2.19. The minimum Gasteiger partial charge on any atom is -0.377 e. The molecule has 0 saturated carbocycles. The zero-order valence-corrected chi connectivity index (χ0v) is 13.9. The van der Waals surface area contributed by atoms with Gasteiger partial charge in [0.25, 0.3) is 0 Å². The summed E-state index contributed by atoms with van der Waals surface area (Å²) in [7, 11) is 1.66. The van der Waals surface area contributed by atoms with E-state index in [1.54, 1.807) is 13.3 Å². The maximum Gasteiger partial charge on any atom is 0.177 e. The number of aromatic nitrogens is 4. The molecule has 1 fully saturated rings. The van der Waals surface area contributed by atoms with Crippen LogP contribution in [0.5, 0.6) is 0 Å². The number of hydrogen-bond donors (Lipinski definition) is 0. The van der Waals surface area contributed by atoms with Gasteiger partial charge >= 0.3 is 0 Å². The van der Waals surface area contributed by atoms with E-state index in [1.807, 2.05) is 23.0 Å². The van der Waals surface area contributed by atoms with Gasteiger partial charge in [0.2, 0.25) is 0 Å². The molecule has 0 aliphatic carbocycles. The van der Waals surface area contributed by atoms with Crippen LogP contribution in [0.2, 0.25) is 0 Å². The van der Waals surface area contributed by atoms with Crippen LogP contribution < -0.4 is 0 Å². The summed E-state index contributed by atoms with van der Waals surface area (Å²) >= 11 is 0. The van der Waals surface area contributed by atoms with Crippen molar-refractivity contribution in [2.75, 3.05) is 39.8 Å². The molecule has 1 aliphatic heterocycles. The van der Waals surface area contributed by atoms with Gasteiger partial charge in [-0.3, -0.25) is 9.88 Å². The fourth-order valence-electron chi connectivity index (χ4n) is 2.83. The highest BCUT2D eigenvalue weighted by atomic mass is 16.5. The van der Waals surface area contributed by atoms with E-state index in [0.29, 0.717) is 12.4 Å². The van der Waals surface area contributed by atoms with E-state index in [9.17, 15) is 0 Å². The van der Waals surface area contributed by atoms with Crippen molar-refractivity contribution in [2.45, 2.75) is 20.1 Å². The van der Waals surface area contributed by atoms with E-state index in [1.165, 1.54) is 0 Å². The largest absolute Gasteiger partial charge is 0.377 e. The molecule has 3 rings (SSSR count). The average molecular weight is 316 g/mol. The molecule has 0 aromatic carbocycles. The molecule has 2 aromatic heterocycles. The van der Waals surface area contributed by atoms with Gasteiger partial charge in [0, 0.05) is 39.5 Å². The fraction of sp³-hybridized carbons (Fsp3) is 0.562. The standard InChI is InChI=1S/C16H24N6O/c1-3-20-7-9-21(10-8-20)12-16-18-15(13-23-2)19-22(16)14-5-4-6-17-11-14/h4-6,11H,3,7-10,12-13H2,1-2H3. The van der Waals surface area contributed by atoms with E-state index >= 15 is 0 Å². The van der Waals surface area contributed by atoms with Crippen molar-refractivity contribution in [3.8, 4) is 5.69 Å². The Hall–Kier alpha value is -1.83. The van der Waals surface area contributed by atoms with Crippen LogP contribution in [0.4, 0.5) is 0 Å². The van der Waals surface area contributed by atoms with Crippen molar-refractivity contribution in [3.63, 3.8) is 0 Å². The first kappa shape index (κ1) is 16.0. The second-order valence-corrected chi connectivity index (χ2v) is 5.71. The highest BCUT2D eigenvalue weighted by molar-refractivity contribution is 5.27. The van der Waals surface area contributed by atoms with Crippen LogP contribution in [0.25, 0.3) is 5.69 Å². The average Bonchev–Trinajstić information content (AvgIpc) is 2.99. The molecule has 7 nitrogen and oxygen atoms in total. The van der Waals surface area contributed by atoms with E-state index < -0.39 is 0 Å². The Bertz CT molecular complexity index is 606. The molecule has 3 heterocycles. The van der Waals surface area contributed by atoms with Gasteiger partial charge in [0.05, 0.1) is 18.4 Å². The van der Waals surface area contributed by atoms with Gasteiger partial charge in [-0.1, -0.05) is 6.92 Å². The zero-order chi connectivity index (χ0) is 16.1. The van der Waals surface area contributed by atoms with E-state index in [0.717, 1.165) is 50.8 Å². The smallest absolute Gasteiger partial charge is 0.177 e. The van der Waals surface area contributed by atoms with Crippen LogP contribution in [0, 0.1) is 0 Å². The summed E-state index contributed by atoms with van der Waals surface area (Å²) in [5.74, 6) is 1.65. The quantitative estimate of drug-likeness (QED) is 0.791. The third-order valence-corrected chi connectivity index (χ3v) is 4.16. The fourth-order valence-corrected chi connectivity index (χ4v) is 2.83. The molecule has 0 atom stereocenters. The maximum absolute atomic E-state index is 5.18. The zero-order valence-electron chi connectivity index (χ0n) is 13.9. The van der Waals surface area contributed by atoms with E-state index in [2.05, 4.69) is 31.8 Å². The van der Waals surface area contributed by atoms with Crippen LogP contribution in [0.3, 0.4) is 0 Å². The third-order valence-electron chi connectivity index (χ3n) is 4.16. The SMILES string of the molecule is CCN1CCN(Cc2nc(COC)nn2-c2cccnc2)CC1. The molecule has 1 saturated heterocycles. The van der Waals surface area contributed by atoms with Crippen LogP contribution in [-0.2, 0) is 17.9 Å². The molecule has 0 radical (unpaired) electrons. The number of likely N-dealkylation sites (N-methyl/N-ethyl adjacent to an activating group) is 1. The summed E-state index contributed by atoms with van der Waals surface area (Å²) in [6.07, 6.45) is 3.57. The molecule has 1 aliphatic rings. The predicted molar refractivity (Wildman–Crippen MR) is 87.3 cm³/mol. The molecule has 0 unspecified atom stereocenters. The van der Waals surface area contributed by atoms with Crippen molar-refractivity contribution in [2.24, 2.45) is 0 Å². The number of rotatable bonds is 6. The van der Waals surface area contributed by atoms with Crippen molar-refractivity contribution < 1.29 is 4.74 Å². The summed E-state index contributed by atoms with van der Waals surface area (Å²) in [5, 5.41) is 4.57. The van der Waals surface area contributed by atoms with Gasteiger partial charge in [0.15, 0.2) is 5.82 Å². The van der Waals surface area contributed by atoms with Crippen molar-refractivity contribution in [1.29, 1.82) is 0 Å². The summed E-state index contributed by atoms with van der Waals surface area (Å²) in [4.78, 5) is 13.7. The maximum atomic E-state index is 5.18. The van der Waals surface area contributed by atoms with E-state index in [-0.39, 0.29) is 0 Å². The lowest BCUT2D eigenvalue weighted by Crippen LogP contribution is -2.45. The summed E-state index contributed by atoms with van der Waals surface area (Å²) in [6, 6.07) is 3.91. The summed E-state index contributed by atoms with van der Waals surface area (Å²) in [5.41, 5.74) is 0.935. The number of methoxy groups -OCH3 is 1. The first-order chi connectivity index (χ1) is 11.3. The van der Waals surface area contributed by atoms with E-state index in [4.69, 9.17) is 4.74 Å². The molecule has 0 spiro atoms. The van der Waals surface area contributed by atoms with Gasteiger partial charge in [-0.05, 0) is 18.7 Å². The molecule has 0 bridgehead atoms. The Morgan fingerprint density at radius 2 is 1.96 bits per heavy atom. The highest BCUT2D eigenvalue weighted by Crippen LogP contribution is 2.13. The Balaban J connectivity index is 1.77. The lowest BCUT2D eigenvalue weighted by atomic mass is 10.3. The normalized spacial score (nSPS) is 16.8. The first-order valence-electron chi connectivity index (χ1n) is 8.09. The Morgan fingerprint density at radius 1 is 1.17 bits per heavy atom. The second-order valence-electron chi connectivity index (χ2n) is 5.71. The minimum atomic E-state index is 0.421. The lowest BCUT2D eigenvalue weighted by molar-refractivity contribution is 0.129. The van der Waals surface area contributed by atoms with Crippen molar-refractivity contribution >= 4 is 0 Å². The predicted octanol–water partition coefficient (Wildman–Crippen LogP) is 0.946. The van der Waals surface area contributed by atoms with Crippen LogP contribution in [0.1, 0.15) is 18.6 Å². The second kappa shape index (κ2) is 7.63. The van der Waals surface area contributed by atoms with Gasteiger partial charge in [-0.2, -0.15) is 0 Å². The van der Waals surface area contributed by atoms with Gasteiger partial charge < -0.3 is 9.64 Å². The van der Waals surface area contributed by atoms with Crippen molar-refractivity contribution in [3.05, 3.63) is 36.2 Å². The first-order valence-corrected chi connectivity index (χ1v) is 8.09. The Morgan fingerprint density at radius 3 is 2.61 bits per heavy atom. The number of pyridine rings is 1.